The van der Waals surface area contributed by atoms with Crippen molar-refractivity contribution in [3.8, 4) is 0 Å². The molecule has 0 radical (unpaired) electrons. The Kier molecular flexibility index (Phi) is 2.69. The summed E-state index contributed by atoms with van der Waals surface area (Å²) in [4.78, 5) is 0. The first-order chi connectivity index (χ1) is 4.72. The SMILES string of the molecule is CC1CC(C)CC(NN)C1. The minimum atomic E-state index is 0.568. The Morgan fingerprint density at radius 1 is 1.10 bits per heavy atom. The molecule has 2 unspecified atom stereocenters. The van der Waals surface area contributed by atoms with Crippen molar-refractivity contribution in [2.45, 2.75) is 39.2 Å². The van der Waals surface area contributed by atoms with Gasteiger partial charge in [0.25, 0.3) is 0 Å². The van der Waals surface area contributed by atoms with Crippen LogP contribution in [0.3, 0.4) is 0 Å². The van der Waals surface area contributed by atoms with E-state index in [0.717, 1.165) is 11.8 Å². The van der Waals surface area contributed by atoms with Gasteiger partial charge >= 0.3 is 0 Å². The summed E-state index contributed by atoms with van der Waals surface area (Å²) < 4.78 is 0. The van der Waals surface area contributed by atoms with E-state index in [9.17, 15) is 0 Å². The maximum absolute atomic E-state index is 5.38. The highest BCUT2D eigenvalue weighted by molar-refractivity contribution is 4.77. The van der Waals surface area contributed by atoms with E-state index in [1.807, 2.05) is 0 Å². The normalized spacial score (nSPS) is 41.7. The predicted octanol–water partition coefficient (Wildman–Crippen LogP) is 1.27. The molecule has 0 aromatic heterocycles. The molecule has 0 amide bonds. The summed E-state index contributed by atoms with van der Waals surface area (Å²) in [5.74, 6) is 7.08. The molecule has 1 fully saturated rings. The first-order valence-electron chi connectivity index (χ1n) is 4.18. The van der Waals surface area contributed by atoms with Gasteiger partial charge in [-0.05, 0) is 31.1 Å². The van der Waals surface area contributed by atoms with Crippen molar-refractivity contribution in [2.75, 3.05) is 0 Å². The summed E-state index contributed by atoms with van der Waals surface area (Å²) in [6.07, 6.45) is 3.87. The first-order valence-corrected chi connectivity index (χ1v) is 4.18. The van der Waals surface area contributed by atoms with Crippen molar-refractivity contribution in [1.29, 1.82) is 0 Å². The number of hydrogen-bond donors (Lipinski definition) is 2. The van der Waals surface area contributed by atoms with E-state index >= 15 is 0 Å². The molecule has 3 N–H and O–H groups in total. The molecule has 0 heterocycles. The second-order valence-corrected chi connectivity index (χ2v) is 3.78. The number of hydrazine groups is 1. The van der Waals surface area contributed by atoms with Gasteiger partial charge in [0, 0.05) is 6.04 Å². The van der Waals surface area contributed by atoms with Crippen LogP contribution in [0.25, 0.3) is 0 Å². The summed E-state index contributed by atoms with van der Waals surface area (Å²) in [6, 6.07) is 0.568. The second kappa shape index (κ2) is 3.35. The Hall–Kier alpha value is -0.0800. The van der Waals surface area contributed by atoms with E-state index in [0.29, 0.717) is 6.04 Å². The van der Waals surface area contributed by atoms with Gasteiger partial charge in [-0.1, -0.05) is 13.8 Å². The summed E-state index contributed by atoms with van der Waals surface area (Å²) in [5.41, 5.74) is 2.86. The van der Waals surface area contributed by atoms with Gasteiger partial charge in [0.2, 0.25) is 0 Å². The number of nitrogens with one attached hydrogen (secondary N) is 1. The third-order valence-electron chi connectivity index (χ3n) is 2.41. The molecule has 2 nitrogen and oxygen atoms in total. The van der Waals surface area contributed by atoms with Crippen LogP contribution in [0.15, 0.2) is 0 Å². The van der Waals surface area contributed by atoms with Crippen molar-refractivity contribution in [1.82, 2.24) is 5.43 Å². The lowest BCUT2D eigenvalue weighted by Crippen LogP contribution is -2.40. The minimum absolute atomic E-state index is 0.568. The molecule has 1 aliphatic carbocycles. The summed E-state index contributed by atoms with van der Waals surface area (Å²) >= 11 is 0. The molecule has 10 heavy (non-hydrogen) atoms. The van der Waals surface area contributed by atoms with Gasteiger partial charge in [-0.25, -0.2) is 0 Å². The van der Waals surface area contributed by atoms with Crippen LogP contribution in [0.5, 0.6) is 0 Å². The van der Waals surface area contributed by atoms with E-state index in [2.05, 4.69) is 19.3 Å². The quantitative estimate of drug-likeness (QED) is 0.427. The molecule has 2 atom stereocenters. The van der Waals surface area contributed by atoms with Crippen LogP contribution >= 0.6 is 0 Å². The maximum Gasteiger partial charge on any atom is 0.0215 e. The zero-order valence-electron chi connectivity index (χ0n) is 6.93. The third kappa shape index (κ3) is 1.96. The van der Waals surface area contributed by atoms with Gasteiger partial charge in [-0.3, -0.25) is 11.3 Å². The second-order valence-electron chi connectivity index (χ2n) is 3.78. The van der Waals surface area contributed by atoms with Crippen LogP contribution in [0.1, 0.15) is 33.1 Å². The monoisotopic (exact) mass is 142 g/mol. The molecule has 60 valence electrons. The van der Waals surface area contributed by atoms with Crippen LogP contribution in [0.2, 0.25) is 0 Å². The largest absolute Gasteiger partial charge is 0.271 e. The van der Waals surface area contributed by atoms with Gasteiger partial charge < -0.3 is 0 Å². The van der Waals surface area contributed by atoms with E-state index < -0.39 is 0 Å². The van der Waals surface area contributed by atoms with Crippen molar-refractivity contribution in [3.63, 3.8) is 0 Å². The van der Waals surface area contributed by atoms with Gasteiger partial charge in [-0.15, -0.1) is 0 Å². The van der Waals surface area contributed by atoms with Gasteiger partial charge in [0.15, 0.2) is 0 Å². The topological polar surface area (TPSA) is 38.0 Å². The number of rotatable bonds is 1. The van der Waals surface area contributed by atoms with Crippen molar-refractivity contribution in [3.05, 3.63) is 0 Å². The molecule has 0 aromatic carbocycles. The lowest BCUT2D eigenvalue weighted by molar-refractivity contribution is 0.240. The van der Waals surface area contributed by atoms with E-state index in [4.69, 9.17) is 5.84 Å². The molecule has 0 bridgehead atoms. The molecule has 1 saturated carbocycles. The van der Waals surface area contributed by atoms with Crippen molar-refractivity contribution >= 4 is 0 Å². The molecule has 2 heteroatoms. The fourth-order valence-corrected chi connectivity index (χ4v) is 2.08. The van der Waals surface area contributed by atoms with Gasteiger partial charge in [0.05, 0.1) is 0 Å². The van der Waals surface area contributed by atoms with Gasteiger partial charge in [0.1, 0.15) is 0 Å². The Balaban J connectivity index is 2.35. The average Bonchev–Trinajstić information content (AvgIpc) is 1.85. The van der Waals surface area contributed by atoms with Crippen LogP contribution in [-0.2, 0) is 0 Å². The average molecular weight is 142 g/mol. The standard InChI is InChI=1S/C8H18N2/c1-6-3-7(2)5-8(4-6)10-9/h6-8,10H,3-5,9H2,1-2H3. The highest BCUT2D eigenvalue weighted by atomic mass is 15.2. The van der Waals surface area contributed by atoms with Crippen LogP contribution < -0.4 is 11.3 Å². The molecular formula is C8H18N2. The summed E-state index contributed by atoms with van der Waals surface area (Å²) in [5, 5.41) is 0. The van der Waals surface area contributed by atoms with Gasteiger partial charge in [-0.2, -0.15) is 0 Å². The lowest BCUT2D eigenvalue weighted by atomic mass is 9.81. The summed E-state index contributed by atoms with van der Waals surface area (Å²) in [7, 11) is 0. The van der Waals surface area contributed by atoms with Crippen molar-refractivity contribution in [2.24, 2.45) is 17.7 Å². The molecular weight excluding hydrogens is 124 g/mol. The van der Waals surface area contributed by atoms with E-state index in [-0.39, 0.29) is 0 Å². The molecule has 0 spiro atoms. The number of hydrogen-bond acceptors (Lipinski definition) is 2. The van der Waals surface area contributed by atoms with E-state index in [1.165, 1.54) is 19.3 Å². The Labute approximate surface area is 63.1 Å². The van der Waals surface area contributed by atoms with Crippen LogP contribution in [0, 0.1) is 11.8 Å². The zero-order valence-corrected chi connectivity index (χ0v) is 6.93. The molecule has 0 aromatic rings. The van der Waals surface area contributed by atoms with Crippen LogP contribution in [-0.4, -0.2) is 6.04 Å². The zero-order chi connectivity index (χ0) is 7.56. The fraction of sp³-hybridized carbons (Fsp3) is 1.00. The number of nitrogens with two attached hydrogens (primary N) is 1. The van der Waals surface area contributed by atoms with E-state index in [1.54, 1.807) is 0 Å². The predicted molar refractivity (Wildman–Crippen MR) is 43.3 cm³/mol. The third-order valence-corrected chi connectivity index (χ3v) is 2.41. The molecule has 1 aliphatic rings. The Bertz CT molecular complexity index is 93.4. The lowest BCUT2D eigenvalue weighted by Gasteiger charge is -2.30. The molecule has 0 saturated heterocycles. The Morgan fingerprint density at radius 2 is 1.60 bits per heavy atom. The summed E-state index contributed by atoms with van der Waals surface area (Å²) in [6.45, 7) is 4.61. The minimum Gasteiger partial charge on any atom is -0.271 e. The molecule has 0 aliphatic heterocycles. The highest BCUT2D eigenvalue weighted by Crippen LogP contribution is 2.27. The maximum atomic E-state index is 5.38. The fourth-order valence-electron chi connectivity index (χ4n) is 2.08. The van der Waals surface area contributed by atoms with Crippen molar-refractivity contribution < 1.29 is 0 Å². The smallest absolute Gasteiger partial charge is 0.0215 e. The van der Waals surface area contributed by atoms with Crippen LogP contribution in [0.4, 0.5) is 0 Å². The molecule has 1 rings (SSSR count). The highest BCUT2D eigenvalue weighted by Gasteiger charge is 2.22. The Morgan fingerprint density at radius 3 is 2.00 bits per heavy atom. The first kappa shape index (κ1) is 8.02.